The summed E-state index contributed by atoms with van der Waals surface area (Å²) in [6.45, 7) is 1.19. The van der Waals surface area contributed by atoms with Crippen molar-refractivity contribution in [2.45, 2.75) is 17.7 Å². The molecule has 130 valence electrons. The summed E-state index contributed by atoms with van der Waals surface area (Å²) in [6, 6.07) is 6.02. The number of nitro benzene ring substituents is 1. The van der Waals surface area contributed by atoms with Crippen molar-refractivity contribution in [1.29, 1.82) is 0 Å². The van der Waals surface area contributed by atoms with Crippen LogP contribution in [-0.4, -0.2) is 28.7 Å². The van der Waals surface area contributed by atoms with Crippen molar-refractivity contribution in [2.24, 2.45) is 0 Å². The van der Waals surface area contributed by atoms with Crippen LogP contribution < -0.4 is 0 Å². The van der Waals surface area contributed by atoms with E-state index in [0.29, 0.717) is 31.0 Å². The zero-order chi connectivity index (χ0) is 17.8. The Bertz CT molecular complexity index is 779. The standard InChI is InChI=1S/C18H16BrNO5/c19-15-11-18-17(24-8-1-9-25-18)10-14(15)16(21)7-4-12-2-5-13(6-3-12)20(22)23/h2-7,10,15H,1,8-9,11H2/b7-4+. The number of nitrogens with zero attached hydrogens (tertiary/aromatic N) is 1. The average molecular weight is 406 g/mol. The van der Waals surface area contributed by atoms with E-state index in [1.807, 2.05) is 0 Å². The molecule has 1 aromatic carbocycles. The molecule has 1 heterocycles. The number of hydrogen-bond donors (Lipinski definition) is 0. The summed E-state index contributed by atoms with van der Waals surface area (Å²) in [5, 5.41) is 10.7. The number of ketones is 1. The van der Waals surface area contributed by atoms with Gasteiger partial charge in [0.25, 0.3) is 5.69 Å². The molecule has 0 saturated heterocycles. The Balaban J connectivity index is 1.75. The third-order valence-corrected chi connectivity index (χ3v) is 4.72. The second-order valence-electron chi connectivity index (χ2n) is 5.66. The highest BCUT2D eigenvalue weighted by Gasteiger charge is 2.27. The lowest BCUT2D eigenvalue weighted by molar-refractivity contribution is -0.384. The van der Waals surface area contributed by atoms with Crippen molar-refractivity contribution in [3.05, 3.63) is 69.2 Å². The lowest BCUT2D eigenvalue weighted by Crippen LogP contribution is -2.18. The summed E-state index contributed by atoms with van der Waals surface area (Å²) in [6.07, 6.45) is 6.22. The minimum atomic E-state index is -0.457. The summed E-state index contributed by atoms with van der Waals surface area (Å²) in [4.78, 5) is 22.6. The van der Waals surface area contributed by atoms with Gasteiger partial charge in [0.2, 0.25) is 0 Å². The highest BCUT2D eigenvalue weighted by Crippen LogP contribution is 2.32. The molecule has 7 heteroatoms. The molecule has 0 amide bonds. The van der Waals surface area contributed by atoms with Crippen LogP contribution in [0.5, 0.6) is 0 Å². The maximum atomic E-state index is 12.5. The number of alkyl halides is 1. The Morgan fingerprint density at radius 1 is 1.24 bits per heavy atom. The van der Waals surface area contributed by atoms with Gasteiger partial charge in [0.05, 0.1) is 23.0 Å². The number of rotatable bonds is 4. The first-order valence-electron chi connectivity index (χ1n) is 7.86. The van der Waals surface area contributed by atoms with E-state index in [1.165, 1.54) is 18.2 Å². The molecule has 0 saturated carbocycles. The molecule has 0 fully saturated rings. The number of benzene rings is 1. The molecular formula is C18H16BrNO5. The number of carbonyl (C=O) groups excluding carboxylic acids is 1. The predicted molar refractivity (Wildman–Crippen MR) is 96.1 cm³/mol. The van der Waals surface area contributed by atoms with E-state index >= 15 is 0 Å². The van der Waals surface area contributed by atoms with Crippen LogP contribution in [0.4, 0.5) is 5.69 Å². The molecule has 0 radical (unpaired) electrons. The molecule has 3 rings (SSSR count). The molecule has 1 unspecified atom stereocenters. The quantitative estimate of drug-likeness (QED) is 0.328. The highest BCUT2D eigenvalue weighted by atomic mass is 79.9. The van der Waals surface area contributed by atoms with Crippen LogP contribution in [0.1, 0.15) is 18.4 Å². The number of hydrogen-bond acceptors (Lipinski definition) is 5. The molecule has 1 aliphatic carbocycles. The lowest BCUT2D eigenvalue weighted by atomic mass is 9.98. The Kier molecular flexibility index (Phi) is 5.33. The van der Waals surface area contributed by atoms with Gasteiger partial charge in [-0.05, 0) is 29.8 Å². The first kappa shape index (κ1) is 17.4. The van der Waals surface area contributed by atoms with Gasteiger partial charge in [-0.1, -0.05) is 22.0 Å². The molecule has 0 N–H and O–H groups in total. The van der Waals surface area contributed by atoms with Crippen molar-refractivity contribution in [3.8, 4) is 0 Å². The number of nitro groups is 1. The van der Waals surface area contributed by atoms with E-state index in [-0.39, 0.29) is 16.3 Å². The third-order valence-electron chi connectivity index (χ3n) is 3.90. The normalized spacial score (nSPS) is 20.2. The van der Waals surface area contributed by atoms with E-state index in [9.17, 15) is 14.9 Å². The number of carbonyl (C=O) groups is 1. The van der Waals surface area contributed by atoms with Crippen LogP contribution in [0.25, 0.3) is 6.08 Å². The summed E-state index contributed by atoms with van der Waals surface area (Å²) < 4.78 is 11.3. The van der Waals surface area contributed by atoms with Crippen LogP contribution in [-0.2, 0) is 14.3 Å². The van der Waals surface area contributed by atoms with Gasteiger partial charge in [0.1, 0.15) is 5.76 Å². The summed E-state index contributed by atoms with van der Waals surface area (Å²) >= 11 is 3.53. The third kappa shape index (κ3) is 4.17. The van der Waals surface area contributed by atoms with Gasteiger partial charge < -0.3 is 9.47 Å². The fourth-order valence-corrected chi connectivity index (χ4v) is 3.23. The Morgan fingerprint density at radius 3 is 2.68 bits per heavy atom. The van der Waals surface area contributed by atoms with Crippen LogP contribution in [0.15, 0.2) is 53.5 Å². The van der Waals surface area contributed by atoms with E-state index in [4.69, 9.17) is 9.47 Å². The Hall–Kier alpha value is -2.41. The van der Waals surface area contributed by atoms with Crippen molar-refractivity contribution in [1.82, 2.24) is 0 Å². The van der Waals surface area contributed by atoms with Gasteiger partial charge in [-0.2, -0.15) is 0 Å². The highest BCUT2D eigenvalue weighted by molar-refractivity contribution is 9.09. The van der Waals surface area contributed by atoms with Gasteiger partial charge in [-0.15, -0.1) is 0 Å². The van der Waals surface area contributed by atoms with Crippen molar-refractivity contribution >= 4 is 33.5 Å². The van der Waals surface area contributed by atoms with Gasteiger partial charge in [-0.25, -0.2) is 0 Å². The van der Waals surface area contributed by atoms with Crippen LogP contribution in [0.2, 0.25) is 0 Å². The lowest BCUT2D eigenvalue weighted by Gasteiger charge is -2.21. The zero-order valence-corrected chi connectivity index (χ0v) is 14.9. The number of ether oxygens (including phenoxy) is 2. The van der Waals surface area contributed by atoms with Gasteiger partial charge >= 0.3 is 0 Å². The smallest absolute Gasteiger partial charge is 0.269 e. The fraction of sp³-hybridized carbons (Fsp3) is 0.278. The van der Waals surface area contributed by atoms with Crippen molar-refractivity contribution in [2.75, 3.05) is 13.2 Å². The molecule has 0 bridgehead atoms. The Labute approximate surface area is 153 Å². The van der Waals surface area contributed by atoms with E-state index < -0.39 is 4.92 Å². The molecule has 1 aromatic rings. The molecule has 25 heavy (non-hydrogen) atoms. The largest absolute Gasteiger partial charge is 0.494 e. The fourth-order valence-electron chi connectivity index (χ4n) is 2.57. The molecule has 0 aromatic heterocycles. The van der Waals surface area contributed by atoms with Gasteiger partial charge in [0.15, 0.2) is 11.5 Å². The summed E-state index contributed by atoms with van der Waals surface area (Å²) in [5.41, 5.74) is 1.34. The second-order valence-corrected chi connectivity index (χ2v) is 6.76. The van der Waals surface area contributed by atoms with Crippen LogP contribution in [0.3, 0.4) is 0 Å². The SMILES string of the molecule is O=C(/C=C/c1ccc([N+](=O)[O-])cc1)C1=CC2=C(CC1Br)OCCCO2. The van der Waals surface area contributed by atoms with E-state index in [1.54, 1.807) is 24.3 Å². The topological polar surface area (TPSA) is 78.7 Å². The maximum absolute atomic E-state index is 12.5. The molecule has 0 spiro atoms. The van der Waals surface area contributed by atoms with E-state index in [0.717, 1.165) is 17.7 Å². The average Bonchev–Trinajstić information content (AvgIpc) is 2.84. The first-order valence-corrected chi connectivity index (χ1v) is 8.77. The molecule has 1 aliphatic heterocycles. The first-order chi connectivity index (χ1) is 12.0. The number of non-ortho nitro benzene ring substituents is 1. The number of halogens is 1. The number of allylic oxidation sites excluding steroid dienone is 4. The second kappa shape index (κ2) is 7.65. The van der Waals surface area contributed by atoms with E-state index in [2.05, 4.69) is 15.9 Å². The Morgan fingerprint density at radius 2 is 1.96 bits per heavy atom. The minimum absolute atomic E-state index is 0.0176. The van der Waals surface area contributed by atoms with Crippen LogP contribution >= 0.6 is 15.9 Å². The molecule has 2 aliphatic rings. The van der Waals surface area contributed by atoms with Crippen LogP contribution in [0, 0.1) is 10.1 Å². The minimum Gasteiger partial charge on any atom is -0.494 e. The van der Waals surface area contributed by atoms with Crippen molar-refractivity contribution < 1.29 is 19.2 Å². The summed E-state index contributed by atoms with van der Waals surface area (Å²) in [7, 11) is 0. The van der Waals surface area contributed by atoms with Gasteiger partial charge in [0, 0.05) is 30.5 Å². The van der Waals surface area contributed by atoms with Crippen molar-refractivity contribution in [3.63, 3.8) is 0 Å². The molecule has 1 atom stereocenters. The predicted octanol–water partition coefficient (Wildman–Crippen LogP) is 3.92. The van der Waals surface area contributed by atoms with Gasteiger partial charge in [-0.3, -0.25) is 14.9 Å². The monoisotopic (exact) mass is 405 g/mol. The zero-order valence-electron chi connectivity index (χ0n) is 13.3. The maximum Gasteiger partial charge on any atom is 0.269 e. The summed E-state index contributed by atoms with van der Waals surface area (Å²) in [5.74, 6) is 1.26. The molecular weight excluding hydrogens is 390 g/mol. The molecule has 6 nitrogen and oxygen atoms in total.